The Bertz CT molecular complexity index is 3720. The fraction of sp³-hybridized carbons (Fsp3) is 0.364. The first-order chi connectivity index (χ1) is 42.4. The average Bonchev–Trinajstić information content (AvgIpc) is 1.24. The quantitative estimate of drug-likeness (QED) is 0.0807. The number of alkyl halides is 6. The molecule has 90 heavy (non-hydrogen) atoms. The highest BCUT2D eigenvalue weighted by molar-refractivity contribution is 6.37. The molecule has 478 valence electrons. The number of amides is 4. The molecule has 0 radical (unpaired) electrons. The maximum absolute atomic E-state index is 15.1. The molecular formula is C66H62Cl6F6N4O8. The highest BCUT2D eigenvalue weighted by Gasteiger charge is 2.50. The molecule has 10 rings (SSSR count). The van der Waals surface area contributed by atoms with E-state index in [0.717, 1.165) is 6.07 Å². The average molecular weight is 1370 g/mol. The second-order valence-electron chi connectivity index (χ2n) is 22.6. The van der Waals surface area contributed by atoms with Gasteiger partial charge in [-0.1, -0.05) is 142 Å². The summed E-state index contributed by atoms with van der Waals surface area (Å²) >= 11 is 37.0. The van der Waals surface area contributed by atoms with Crippen LogP contribution in [0.15, 0.2) is 109 Å². The summed E-state index contributed by atoms with van der Waals surface area (Å²) in [6, 6.07) is 26.8. The maximum atomic E-state index is 15.1. The Kier molecular flexibility index (Phi) is 21.7. The van der Waals surface area contributed by atoms with Crippen molar-refractivity contribution in [1.29, 1.82) is 0 Å². The van der Waals surface area contributed by atoms with Crippen LogP contribution in [0.1, 0.15) is 132 Å². The molecule has 0 saturated heterocycles. The zero-order valence-corrected chi connectivity index (χ0v) is 53.8. The summed E-state index contributed by atoms with van der Waals surface area (Å²) in [5.41, 5.74) is 2.69. The number of aliphatic carboxylic acids is 1. The normalized spacial score (nSPS) is 17.4. The van der Waals surface area contributed by atoms with Crippen LogP contribution < -0.4 is 5.32 Å². The Labute approximate surface area is 546 Å². The van der Waals surface area contributed by atoms with Crippen molar-refractivity contribution in [2.45, 2.75) is 127 Å². The maximum Gasteiger partial charge on any atom is 0.381 e. The predicted octanol–water partition coefficient (Wildman–Crippen LogP) is 15.6. The van der Waals surface area contributed by atoms with E-state index in [9.17, 15) is 46.3 Å². The van der Waals surface area contributed by atoms with Crippen LogP contribution in [0.5, 0.6) is 0 Å². The van der Waals surface area contributed by atoms with Gasteiger partial charge < -0.3 is 29.9 Å². The number of hydrogen-bond acceptors (Lipinski definition) is 7. The minimum atomic E-state index is -3.98. The largest absolute Gasteiger partial charge is 0.477 e. The lowest BCUT2D eigenvalue weighted by Gasteiger charge is -2.37. The van der Waals surface area contributed by atoms with Gasteiger partial charge in [-0.15, -0.1) is 0 Å². The van der Waals surface area contributed by atoms with Crippen LogP contribution in [-0.4, -0.2) is 87.2 Å². The lowest BCUT2D eigenvalue weighted by Crippen LogP contribution is -2.45. The van der Waals surface area contributed by atoms with Gasteiger partial charge in [-0.2, -0.15) is 26.3 Å². The molecule has 4 aliphatic rings. The standard InChI is InChI=1S/C24H24Cl2F2N2O2.C22H21Cl2F2NO3.C20H17Cl2F2NO3/c1-14-15-5-3-6-18(24(27,28)22(32)29-23(2)10-11-23)16(15)9-12-30(14)21(31)13-17-19(25)7-4-8-20(17)26;1-3-30-21(29)22(25,26)17-7-4-6-14-13(2)27(11-10-15(14)17)20(28)12-16-18(23)8-5-9-19(16)24;1-11-12-4-2-5-15(20(23,24)19(27)28)13(12)8-9-25(11)18(26)10-14-16(21)6-3-7-17(14)22/h3-8,14H,9-13H2,1-2H3,(H,29,32);4-9,13H,3,10-12H2,1-2H3;2-7,11H,8-10H2,1H3,(H,27,28)/t14-;13-;11-/m000/s1. The number of fused-ring (bicyclic) bond motifs is 3. The van der Waals surface area contributed by atoms with Gasteiger partial charge in [0, 0.05) is 72.0 Å². The van der Waals surface area contributed by atoms with Gasteiger partial charge in [0.05, 0.1) is 44.0 Å². The first-order valence-electron chi connectivity index (χ1n) is 28.8. The van der Waals surface area contributed by atoms with Crippen molar-refractivity contribution in [2.75, 3.05) is 26.2 Å². The van der Waals surface area contributed by atoms with Gasteiger partial charge in [-0.05, 0) is 153 Å². The smallest absolute Gasteiger partial charge is 0.381 e. The molecule has 6 aromatic carbocycles. The fourth-order valence-corrected chi connectivity index (χ4v) is 13.2. The summed E-state index contributed by atoms with van der Waals surface area (Å²) in [5.74, 6) is -17.0. The molecule has 3 atom stereocenters. The summed E-state index contributed by atoms with van der Waals surface area (Å²) in [6.07, 6.45) is 2.00. The van der Waals surface area contributed by atoms with Crippen LogP contribution in [0.4, 0.5) is 26.3 Å². The van der Waals surface area contributed by atoms with Gasteiger partial charge in [0.25, 0.3) is 5.91 Å². The summed E-state index contributed by atoms with van der Waals surface area (Å²) < 4.78 is 92.4. The van der Waals surface area contributed by atoms with Gasteiger partial charge in [0.1, 0.15) is 0 Å². The number of halogens is 12. The van der Waals surface area contributed by atoms with E-state index in [1.54, 1.807) is 115 Å². The molecule has 1 aliphatic carbocycles. The molecule has 24 heteroatoms. The lowest BCUT2D eigenvalue weighted by molar-refractivity contribution is -0.173. The summed E-state index contributed by atoms with van der Waals surface area (Å²) in [6.45, 7) is 9.12. The number of carbonyl (C=O) groups excluding carboxylic acids is 5. The van der Waals surface area contributed by atoms with E-state index in [2.05, 4.69) is 10.1 Å². The number of carbonyl (C=O) groups is 6. The zero-order chi connectivity index (χ0) is 65.9. The third-order valence-electron chi connectivity index (χ3n) is 16.8. The third-order valence-corrected chi connectivity index (χ3v) is 19.0. The molecule has 3 aliphatic heterocycles. The molecule has 0 spiro atoms. The van der Waals surface area contributed by atoms with Crippen LogP contribution in [0.3, 0.4) is 0 Å². The molecule has 6 aromatic rings. The molecule has 1 saturated carbocycles. The van der Waals surface area contributed by atoms with Crippen molar-refractivity contribution < 1.29 is 65.0 Å². The molecule has 4 amide bonds. The Balaban J connectivity index is 0.000000175. The number of nitrogens with zero attached hydrogens (tertiary/aromatic N) is 3. The number of esters is 1. The van der Waals surface area contributed by atoms with Crippen LogP contribution >= 0.6 is 69.6 Å². The molecule has 3 heterocycles. The highest BCUT2D eigenvalue weighted by Crippen LogP contribution is 2.44. The van der Waals surface area contributed by atoms with Crippen molar-refractivity contribution in [2.24, 2.45) is 0 Å². The second-order valence-corrected chi connectivity index (χ2v) is 25.0. The molecule has 0 unspecified atom stereocenters. The zero-order valence-electron chi connectivity index (χ0n) is 49.3. The Hall–Kier alpha value is -6.54. The number of nitrogens with one attached hydrogen (secondary N) is 1. The summed E-state index contributed by atoms with van der Waals surface area (Å²) in [4.78, 5) is 78.9. The number of hydrogen-bond donors (Lipinski definition) is 2. The van der Waals surface area contributed by atoms with Crippen molar-refractivity contribution in [1.82, 2.24) is 20.0 Å². The Morgan fingerprint density at radius 2 is 0.789 bits per heavy atom. The van der Waals surface area contributed by atoms with Crippen LogP contribution in [0, 0.1) is 0 Å². The van der Waals surface area contributed by atoms with Crippen molar-refractivity contribution in [3.8, 4) is 0 Å². The Morgan fingerprint density at radius 1 is 0.500 bits per heavy atom. The van der Waals surface area contributed by atoms with E-state index in [-0.39, 0.29) is 99.2 Å². The van der Waals surface area contributed by atoms with E-state index in [1.165, 1.54) is 37.3 Å². The number of ether oxygens (including phenoxy) is 1. The number of rotatable bonds is 14. The van der Waals surface area contributed by atoms with Crippen molar-refractivity contribution in [3.63, 3.8) is 0 Å². The Morgan fingerprint density at radius 3 is 1.08 bits per heavy atom. The van der Waals surface area contributed by atoms with Crippen LogP contribution in [0.2, 0.25) is 30.1 Å². The van der Waals surface area contributed by atoms with Gasteiger partial charge >= 0.3 is 29.7 Å². The van der Waals surface area contributed by atoms with E-state index in [0.29, 0.717) is 87.5 Å². The number of carboxylic acid groups (broad SMARTS) is 1. The lowest BCUT2D eigenvalue weighted by atomic mass is 9.87. The number of carboxylic acids is 1. The van der Waals surface area contributed by atoms with E-state index >= 15 is 8.78 Å². The van der Waals surface area contributed by atoms with Crippen molar-refractivity contribution >= 4 is 105 Å². The van der Waals surface area contributed by atoms with Gasteiger partial charge in [-0.25, -0.2) is 9.59 Å². The van der Waals surface area contributed by atoms with E-state index in [4.69, 9.17) is 74.7 Å². The summed E-state index contributed by atoms with van der Waals surface area (Å²) in [7, 11) is 0. The summed E-state index contributed by atoms with van der Waals surface area (Å²) in [5, 5.41) is 13.7. The van der Waals surface area contributed by atoms with Crippen molar-refractivity contribution in [3.05, 3.63) is 206 Å². The minimum absolute atomic E-state index is 0.0108. The molecule has 12 nitrogen and oxygen atoms in total. The molecule has 0 aromatic heterocycles. The molecule has 0 bridgehead atoms. The van der Waals surface area contributed by atoms with Gasteiger partial charge in [0.2, 0.25) is 17.7 Å². The van der Waals surface area contributed by atoms with E-state index < -0.39 is 64.8 Å². The fourth-order valence-electron chi connectivity index (χ4n) is 11.6. The monoisotopic (exact) mass is 1360 g/mol. The molecular weight excluding hydrogens is 1300 g/mol. The minimum Gasteiger partial charge on any atom is -0.477 e. The van der Waals surface area contributed by atoms with Gasteiger partial charge in [0.15, 0.2) is 0 Å². The van der Waals surface area contributed by atoms with Crippen LogP contribution in [0.25, 0.3) is 0 Å². The number of benzene rings is 6. The predicted molar refractivity (Wildman–Crippen MR) is 333 cm³/mol. The van der Waals surface area contributed by atoms with Crippen LogP contribution in [-0.2, 0) is 89.8 Å². The van der Waals surface area contributed by atoms with E-state index in [1.807, 2.05) is 0 Å². The first-order valence-corrected chi connectivity index (χ1v) is 31.0. The molecule has 1 fully saturated rings. The molecule has 2 N–H and O–H groups in total. The van der Waals surface area contributed by atoms with Gasteiger partial charge in [-0.3, -0.25) is 19.2 Å². The SMILES string of the molecule is CCOC(=O)C(F)(F)c1cccc2c1CCN(C(=O)Cc1c(Cl)cccc1Cl)[C@H]2C.C[C@H]1c2cccc(C(F)(F)C(=O)NC3(C)CC3)c2CCN1C(=O)Cc1c(Cl)cccc1Cl.C[C@H]1c2cccc(C(F)(F)C(=O)O)c2CCN1C(=O)Cc1c(Cl)cccc1Cl. The highest BCUT2D eigenvalue weighted by atomic mass is 35.5. The second kappa shape index (κ2) is 28.1. The third kappa shape index (κ3) is 14.7. The topological polar surface area (TPSA) is 154 Å². The first kappa shape index (κ1) is 69.4.